The Kier molecular flexibility index (Phi) is 6.78. The minimum Gasteiger partial charge on any atom is -0.474 e. The number of hydrogen-bond acceptors (Lipinski definition) is 7. The Balaban J connectivity index is 2.31. The second-order valence-electron chi connectivity index (χ2n) is 2.94. The third kappa shape index (κ3) is 4.82. The predicted molar refractivity (Wildman–Crippen MR) is 65.7 cm³/mol. The van der Waals surface area contributed by atoms with E-state index >= 15 is 0 Å². The summed E-state index contributed by atoms with van der Waals surface area (Å²) in [6.45, 7) is 1.97. The molecule has 0 aliphatic carbocycles. The molecule has 0 unspecified atom stereocenters. The van der Waals surface area contributed by atoms with E-state index in [9.17, 15) is 0 Å². The largest absolute Gasteiger partial charge is 0.474 e. The zero-order valence-corrected chi connectivity index (χ0v) is 11.1. The minimum atomic E-state index is 0.392. The van der Waals surface area contributed by atoms with Gasteiger partial charge in [-0.05, 0) is 15.9 Å². The van der Waals surface area contributed by atoms with Crippen molar-refractivity contribution in [3.05, 3.63) is 10.8 Å². The minimum absolute atomic E-state index is 0.392. The SMILES string of the molecule is COCCOCCOc1ncnc(NN)c1Br. The summed E-state index contributed by atoms with van der Waals surface area (Å²) in [6.07, 6.45) is 1.36. The van der Waals surface area contributed by atoms with Gasteiger partial charge in [0.25, 0.3) is 0 Å². The first-order valence-electron chi connectivity index (χ1n) is 4.96. The Labute approximate surface area is 108 Å². The van der Waals surface area contributed by atoms with Crippen LogP contribution < -0.4 is 16.0 Å². The van der Waals surface area contributed by atoms with Gasteiger partial charge in [0.05, 0.1) is 19.8 Å². The predicted octanol–water partition coefficient (Wildman–Crippen LogP) is 0.567. The number of hydrogen-bond donors (Lipinski definition) is 2. The second-order valence-corrected chi connectivity index (χ2v) is 3.73. The van der Waals surface area contributed by atoms with Gasteiger partial charge < -0.3 is 19.6 Å². The van der Waals surface area contributed by atoms with Crippen LogP contribution in [0.25, 0.3) is 0 Å². The molecular formula is C9H15BrN4O3. The van der Waals surface area contributed by atoms with Gasteiger partial charge in [0.15, 0.2) is 5.82 Å². The van der Waals surface area contributed by atoms with Crippen molar-refractivity contribution < 1.29 is 14.2 Å². The van der Waals surface area contributed by atoms with Crippen molar-refractivity contribution in [2.24, 2.45) is 5.84 Å². The van der Waals surface area contributed by atoms with Crippen LogP contribution in [0.3, 0.4) is 0 Å². The smallest absolute Gasteiger partial charge is 0.233 e. The first kappa shape index (κ1) is 14.1. The van der Waals surface area contributed by atoms with Crippen LogP contribution in [0.4, 0.5) is 5.82 Å². The van der Waals surface area contributed by atoms with Crippen LogP contribution in [-0.2, 0) is 9.47 Å². The number of nitrogen functional groups attached to an aromatic ring is 1. The lowest BCUT2D eigenvalue weighted by molar-refractivity contribution is 0.0535. The number of nitrogens with two attached hydrogens (primary N) is 1. The summed E-state index contributed by atoms with van der Waals surface area (Å²) in [5, 5.41) is 0. The molecule has 1 heterocycles. The van der Waals surface area contributed by atoms with Crippen molar-refractivity contribution in [2.45, 2.75) is 0 Å². The average molecular weight is 307 g/mol. The molecule has 1 rings (SSSR count). The summed E-state index contributed by atoms with van der Waals surface area (Å²) in [4.78, 5) is 7.87. The summed E-state index contributed by atoms with van der Waals surface area (Å²) in [5.74, 6) is 6.15. The lowest BCUT2D eigenvalue weighted by Gasteiger charge is -2.09. The highest BCUT2D eigenvalue weighted by molar-refractivity contribution is 9.10. The van der Waals surface area contributed by atoms with Crippen LogP contribution in [0, 0.1) is 0 Å². The van der Waals surface area contributed by atoms with Gasteiger partial charge in [-0.1, -0.05) is 0 Å². The van der Waals surface area contributed by atoms with E-state index in [1.807, 2.05) is 0 Å². The normalized spacial score (nSPS) is 10.3. The summed E-state index contributed by atoms with van der Waals surface area (Å²) in [5.41, 5.74) is 2.43. The molecule has 0 saturated carbocycles. The fourth-order valence-electron chi connectivity index (χ4n) is 0.997. The summed E-state index contributed by atoms with van der Waals surface area (Å²) in [7, 11) is 1.62. The number of ether oxygens (including phenoxy) is 3. The standard InChI is InChI=1S/C9H15BrN4O3/c1-15-2-3-16-4-5-17-9-7(10)8(14-11)12-6-13-9/h6H,2-5,11H2,1H3,(H,12,13,14). The maximum Gasteiger partial charge on any atom is 0.233 e. The Morgan fingerprint density at radius 1 is 1.29 bits per heavy atom. The van der Waals surface area contributed by atoms with Gasteiger partial charge in [0.2, 0.25) is 5.88 Å². The summed E-state index contributed by atoms with van der Waals surface area (Å²) < 4.78 is 16.1. The molecule has 0 bridgehead atoms. The third-order valence-corrected chi connectivity index (χ3v) is 2.51. The number of anilines is 1. The highest BCUT2D eigenvalue weighted by Gasteiger charge is 2.08. The fourth-order valence-corrected chi connectivity index (χ4v) is 1.43. The first-order valence-corrected chi connectivity index (χ1v) is 5.75. The van der Waals surface area contributed by atoms with E-state index < -0.39 is 0 Å². The number of nitrogens with one attached hydrogen (secondary N) is 1. The van der Waals surface area contributed by atoms with E-state index in [2.05, 4.69) is 31.3 Å². The number of nitrogens with zero attached hydrogens (tertiary/aromatic N) is 2. The third-order valence-electron chi connectivity index (χ3n) is 1.79. The zero-order valence-electron chi connectivity index (χ0n) is 9.48. The average Bonchev–Trinajstić information content (AvgIpc) is 2.35. The van der Waals surface area contributed by atoms with E-state index in [4.69, 9.17) is 20.1 Å². The van der Waals surface area contributed by atoms with Crippen LogP contribution >= 0.6 is 15.9 Å². The van der Waals surface area contributed by atoms with Crippen molar-refractivity contribution in [2.75, 3.05) is 39.0 Å². The van der Waals surface area contributed by atoms with Crippen LogP contribution in [0.2, 0.25) is 0 Å². The number of methoxy groups -OCH3 is 1. The van der Waals surface area contributed by atoms with Gasteiger partial charge in [-0.2, -0.15) is 0 Å². The van der Waals surface area contributed by atoms with E-state index in [-0.39, 0.29) is 0 Å². The van der Waals surface area contributed by atoms with E-state index in [0.29, 0.717) is 42.6 Å². The molecule has 0 atom stereocenters. The molecule has 0 radical (unpaired) electrons. The van der Waals surface area contributed by atoms with E-state index in [1.165, 1.54) is 6.33 Å². The van der Waals surface area contributed by atoms with Gasteiger partial charge in [-0.15, -0.1) is 0 Å². The molecule has 0 amide bonds. The molecule has 8 heteroatoms. The number of hydrazine groups is 1. The number of halogens is 1. The van der Waals surface area contributed by atoms with Gasteiger partial charge in [-0.25, -0.2) is 15.8 Å². The highest BCUT2D eigenvalue weighted by atomic mass is 79.9. The molecule has 96 valence electrons. The molecule has 1 aromatic rings. The molecule has 3 N–H and O–H groups in total. The van der Waals surface area contributed by atoms with Crippen LogP contribution in [-0.4, -0.2) is 43.5 Å². The Bertz CT molecular complexity index is 340. The van der Waals surface area contributed by atoms with Crippen molar-refractivity contribution in [1.82, 2.24) is 9.97 Å². The van der Waals surface area contributed by atoms with Crippen LogP contribution in [0.15, 0.2) is 10.8 Å². The maximum atomic E-state index is 5.40. The molecule has 0 fully saturated rings. The lowest BCUT2D eigenvalue weighted by atomic mass is 10.5. The van der Waals surface area contributed by atoms with Crippen molar-refractivity contribution in [3.8, 4) is 5.88 Å². The van der Waals surface area contributed by atoms with Gasteiger partial charge in [-0.3, -0.25) is 0 Å². The molecule has 0 saturated heterocycles. The molecule has 0 spiro atoms. The molecule has 1 aromatic heterocycles. The first-order chi connectivity index (χ1) is 8.29. The molecule has 17 heavy (non-hydrogen) atoms. The Morgan fingerprint density at radius 2 is 2.06 bits per heavy atom. The topological polar surface area (TPSA) is 91.5 Å². The van der Waals surface area contributed by atoms with Crippen molar-refractivity contribution in [1.29, 1.82) is 0 Å². The number of aromatic nitrogens is 2. The van der Waals surface area contributed by atoms with Crippen LogP contribution in [0.5, 0.6) is 5.88 Å². The maximum absolute atomic E-state index is 5.40. The molecule has 0 aromatic carbocycles. The molecule has 0 aliphatic rings. The van der Waals surface area contributed by atoms with Crippen LogP contribution in [0.1, 0.15) is 0 Å². The second kappa shape index (κ2) is 8.18. The molecular weight excluding hydrogens is 292 g/mol. The highest BCUT2D eigenvalue weighted by Crippen LogP contribution is 2.27. The van der Waals surface area contributed by atoms with Crippen molar-refractivity contribution in [3.63, 3.8) is 0 Å². The number of rotatable bonds is 8. The molecule has 0 aliphatic heterocycles. The lowest BCUT2D eigenvalue weighted by Crippen LogP contribution is -2.13. The van der Waals surface area contributed by atoms with Gasteiger partial charge in [0, 0.05) is 7.11 Å². The Morgan fingerprint density at radius 3 is 2.76 bits per heavy atom. The Hall–Kier alpha value is -0.960. The summed E-state index contributed by atoms with van der Waals surface area (Å²) in [6, 6.07) is 0. The van der Waals surface area contributed by atoms with Gasteiger partial charge >= 0.3 is 0 Å². The van der Waals surface area contributed by atoms with E-state index in [1.54, 1.807) is 7.11 Å². The monoisotopic (exact) mass is 306 g/mol. The zero-order chi connectivity index (χ0) is 12.5. The fraction of sp³-hybridized carbons (Fsp3) is 0.556. The quantitative estimate of drug-likeness (QED) is 0.412. The van der Waals surface area contributed by atoms with Gasteiger partial charge in [0.1, 0.15) is 17.4 Å². The van der Waals surface area contributed by atoms with Crippen molar-refractivity contribution >= 4 is 21.7 Å². The van der Waals surface area contributed by atoms with E-state index in [0.717, 1.165) is 0 Å². The molecule has 7 nitrogen and oxygen atoms in total. The summed E-state index contributed by atoms with van der Waals surface area (Å²) >= 11 is 3.28.